The fraction of sp³-hybridized carbons (Fsp3) is 0.562. The normalized spacial score (nSPS) is 14.1. The van der Waals surface area contributed by atoms with Crippen LogP contribution in [0.15, 0.2) is 18.5 Å². The summed E-state index contributed by atoms with van der Waals surface area (Å²) in [5.74, 6) is -0.324. The average molecular weight is 383 g/mol. The molecule has 0 fully saturated rings. The van der Waals surface area contributed by atoms with Gasteiger partial charge in [0.2, 0.25) is 17.7 Å². The lowest BCUT2D eigenvalue weighted by Gasteiger charge is -2.28. The first-order valence-electron chi connectivity index (χ1n) is 8.73. The standard InChI is InChI=1S/C16H20F3N7O/c17-16(18,19)14-24-23-12-11-25(9-10-26(12)14)13(27)5-2-1-3-6-20-15-21-7-4-8-22-15/h4,7-8H,1-3,5-6,9-11H2,(H,20,21,22). The van der Waals surface area contributed by atoms with Crippen LogP contribution >= 0.6 is 0 Å². The number of aromatic nitrogens is 5. The molecule has 146 valence electrons. The topological polar surface area (TPSA) is 88.8 Å². The van der Waals surface area contributed by atoms with Gasteiger partial charge in [-0.25, -0.2) is 9.97 Å². The highest BCUT2D eigenvalue weighted by Crippen LogP contribution is 2.29. The lowest BCUT2D eigenvalue weighted by Crippen LogP contribution is -2.39. The van der Waals surface area contributed by atoms with Crippen molar-refractivity contribution in [3.05, 3.63) is 30.1 Å². The molecule has 0 aromatic carbocycles. The van der Waals surface area contributed by atoms with Crippen LogP contribution < -0.4 is 5.32 Å². The van der Waals surface area contributed by atoms with Crippen molar-refractivity contribution in [1.82, 2.24) is 29.6 Å². The second kappa shape index (κ2) is 8.31. The first-order chi connectivity index (χ1) is 12.9. The number of amides is 1. The van der Waals surface area contributed by atoms with Crippen LogP contribution in [0.2, 0.25) is 0 Å². The Morgan fingerprint density at radius 3 is 2.63 bits per heavy atom. The number of alkyl halides is 3. The van der Waals surface area contributed by atoms with E-state index in [1.165, 1.54) is 0 Å². The number of fused-ring (bicyclic) bond motifs is 1. The largest absolute Gasteiger partial charge is 0.451 e. The molecule has 0 atom stereocenters. The molecular formula is C16H20F3N7O. The summed E-state index contributed by atoms with van der Waals surface area (Å²) in [4.78, 5) is 21.9. The van der Waals surface area contributed by atoms with Gasteiger partial charge in [-0.2, -0.15) is 13.2 Å². The van der Waals surface area contributed by atoms with Crippen LogP contribution in [0.3, 0.4) is 0 Å². The minimum atomic E-state index is -4.53. The summed E-state index contributed by atoms with van der Waals surface area (Å²) in [7, 11) is 0. The molecule has 27 heavy (non-hydrogen) atoms. The molecule has 11 heteroatoms. The summed E-state index contributed by atoms with van der Waals surface area (Å²) in [6, 6.07) is 1.74. The van der Waals surface area contributed by atoms with E-state index in [1.54, 1.807) is 23.4 Å². The fourth-order valence-electron chi connectivity index (χ4n) is 2.91. The van der Waals surface area contributed by atoms with Crippen LogP contribution in [0.1, 0.15) is 37.3 Å². The predicted molar refractivity (Wildman–Crippen MR) is 89.4 cm³/mol. The van der Waals surface area contributed by atoms with E-state index in [1.807, 2.05) is 0 Å². The van der Waals surface area contributed by atoms with Crippen LogP contribution in [-0.2, 0) is 24.1 Å². The molecule has 0 radical (unpaired) electrons. The number of nitrogens with one attached hydrogen (secondary N) is 1. The Kier molecular flexibility index (Phi) is 5.87. The van der Waals surface area contributed by atoms with Crippen molar-refractivity contribution in [3.63, 3.8) is 0 Å². The zero-order valence-electron chi connectivity index (χ0n) is 14.6. The number of nitrogens with zero attached hydrogens (tertiary/aromatic N) is 6. The van der Waals surface area contributed by atoms with Gasteiger partial charge in [-0.05, 0) is 18.9 Å². The van der Waals surface area contributed by atoms with Gasteiger partial charge in [0.25, 0.3) is 0 Å². The first-order valence-corrected chi connectivity index (χ1v) is 8.73. The van der Waals surface area contributed by atoms with Crippen molar-refractivity contribution < 1.29 is 18.0 Å². The van der Waals surface area contributed by atoms with E-state index in [0.717, 1.165) is 17.4 Å². The molecule has 0 saturated heterocycles. The number of hydrogen-bond acceptors (Lipinski definition) is 6. The first kappa shape index (κ1) is 19.1. The van der Waals surface area contributed by atoms with Gasteiger partial charge < -0.3 is 14.8 Å². The van der Waals surface area contributed by atoms with Gasteiger partial charge in [-0.3, -0.25) is 4.79 Å². The van der Waals surface area contributed by atoms with Crippen molar-refractivity contribution in [2.75, 3.05) is 18.4 Å². The SMILES string of the molecule is O=C(CCCCCNc1ncccn1)N1CCn2c(nnc2C(F)(F)F)C1. The summed E-state index contributed by atoms with van der Waals surface area (Å²) in [6.45, 7) is 1.07. The number of carbonyl (C=O) groups excluding carboxylic acids is 1. The molecule has 2 aromatic rings. The third kappa shape index (κ3) is 4.92. The molecule has 0 unspecified atom stereocenters. The maximum absolute atomic E-state index is 12.8. The molecule has 3 heterocycles. The van der Waals surface area contributed by atoms with Gasteiger partial charge in [-0.1, -0.05) is 6.42 Å². The molecule has 0 spiro atoms. The van der Waals surface area contributed by atoms with E-state index in [9.17, 15) is 18.0 Å². The molecule has 1 N–H and O–H groups in total. The van der Waals surface area contributed by atoms with Gasteiger partial charge in [0.1, 0.15) is 0 Å². The van der Waals surface area contributed by atoms with Gasteiger partial charge in [0, 0.05) is 38.4 Å². The van der Waals surface area contributed by atoms with Crippen LogP contribution in [0.4, 0.5) is 19.1 Å². The van der Waals surface area contributed by atoms with E-state index in [2.05, 4.69) is 25.5 Å². The molecule has 0 saturated carbocycles. The van der Waals surface area contributed by atoms with E-state index in [4.69, 9.17) is 0 Å². The summed E-state index contributed by atoms with van der Waals surface area (Å²) in [5, 5.41) is 9.90. The third-order valence-electron chi connectivity index (χ3n) is 4.28. The average Bonchev–Trinajstić information content (AvgIpc) is 3.09. The van der Waals surface area contributed by atoms with Crippen molar-refractivity contribution in [2.24, 2.45) is 0 Å². The molecular weight excluding hydrogens is 363 g/mol. The molecule has 3 rings (SSSR count). The Morgan fingerprint density at radius 1 is 1.11 bits per heavy atom. The lowest BCUT2D eigenvalue weighted by atomic mass is 10.1. The maximum Gasteiger partial charge on any atom is 0.451 e. The van der Waals surface area contributed by atoms with Gasteiger partial charge >= 0.3 is 6.18 Å². The molecule has 1 aliphatic heterocycles. The van der Waals surface area contributed by atoms with Crippen LogP contribution in [0.5, 0.6) is 0 Å². The number of anilines is 1. The van der Waals surface area contributed by atoms with Gasteiger partial charge in [0.05, 0.1) is 6.54 Å². The monoisotopic (exact) mass is 383 g/mol. The Morgan fingerprint density at radius 2 is 1.89 bits per heavy atom. The fourth-order valence-corrected chi connectivity index (χ4v) is 2.91. The Hall–Kier alpha value is -2.72. The van der Waals surface area contributed by atoms with Crippen molar-refractivity contribution >= 4 is 11.9 Å². The van der Waals surface area contributed by atoms with E-state index >= 15 is 0 Å². The van der Waals surface area contributed by atoms with Crippen LogP contribution in [-0.4, -0.2) is 48.6 Å². The quantitative estimate of drug-likeness (QED) is 0.737. The second-order valence-corrected chi connectivity index (χ2v) is 6.21. The minimum Gasteiger partial charge on any atom is -0.354 e. The molecule has 0 bridgehead atoms. The minimum absolute atomic E-state index is 0.0594. The molecule has 1 amide bonds. The summed E-state index contributed by atoms with van der Waals surface area (Å²) in [6.07, 6.45) is 1.59. The van der Waals surface area contributed by atoms with Crippen molar-refractivity contribution in [1.29, 1.82) is 0 Å². The highest BCUT2D eigenvalue weighted by atomic mass is 19.4. The number of rotatable bonds is 7. The highest BCUT2D eigenvalue weighted by Gasteiger charge is 2.39. The third-order valence-corrected chi connectivity index (χ3v) is 4.28. The van der Waals surface area contributed by atoms with Crippen LogP contribution in [0, 0.1) is 0 Å². The number of hydrogen-bond donors (Lipinski definition) is 1. The molecule has 8 nitrogen and oxygen atoms in total. The zero-order valence-corrected chi connectivity index (χ0v) is 14.6. The Balaban J connectivity index is 1.37. The second-order valence-electron chi connectivity index (χ2n) is 6.21. The summed E-state index contributed by atoms with van der Waals surface area (Å²) >= 11 is 0. The maximum atomic E-state index is 12.8. The summed E-state index contributed by atoms with van der Waals surface area (Å²) < 4.78 is 39.5. The van der Waals surface area contributed by atoms with Crippen LogP contribution in [0.25, 0.3) is 0 Å². The highest BCUT2D eigenvalue weighted by molar-refractivity contribution is 5.76. The van der Waals surface area contributed by atoms with E-state index in [-0.39, 0.29) is 31.4 Å². The zero-order chi connectivity index (χ0) is 19.3. The molecule has 0 aliphatic carbocycles. The number of halogens is 3. The predicted octanol–water partition coefficient (Wildman–Crippen LogP) is 2.10. The lowest BCUT2D eigenvalue weighted by molar-refractivity contribution is -0.148. The Labute approximate surface area is 153 Å². The summed E-state index contributed by atoms with van der Waals surface area (Å²) in [5.41, 5.74) is 0. The smallest absolute Gasteiger partial charge is 0.354 e. The number of unbranched alkanes of at least 4 members (excludes halogenated alkanes) is 2. The van der Waals surface area contributed by atoms with Gasteiger partial charge in [-0.15, -0.1) is 10.2 Å². The van der Waals surface area contributed by atoms with Crippen molar-refractivity contribution in [3.8, 4) is 0 Å². The van der Waals surface area contributed by atoms with E-state index < -0.39 is 12.0 Å². The number of carbonyl (C=O) groups is 1. The van der Waals surface area contributed by atoms with E-state index in [0.29, 0.717) is 25.3 Å². The molecule has 2 aromatic heterocycles. The van der Waals surface area contributed by atoms with Crippen molar-refractivity contribution in [2.45, 2.75) is 44.9 Å². The molecule has 1 aliphatic rings. The Bertz CT molecular complexity index is 763. The van der Waals surface area contributed by atoms with Gasteiger partial charge in [0.15, 0.2) is 5.82 Å².